The third-order valence-electron chi connectivity index (χ3n) is 4.33. The highest BCUT2D eigenvalue weighted by molar-refractivity contribution is 5.91. The summed E-state index contributed by atoms with van der Waals surface area (Å²) in [5.41, 5.74) is 4.06. The lowest BCUT2D eigenvalue weighted by atomic mass is 10.1. The summed E-state index contributed by atoms with van der Waals surface area (Å²) >= 11 is 0. The van der Waals surface area contributed by atoms with Crippen LogP contribution < -0.4 is 15.4 Å². The second-order valence-electron chi connectivity index (χ2n) is 6.28. The molecule has 0 fully saturated rings. The van der Waals surface area contributed by atoms with Crippen LogP contribution in [0.3, 0.4) is 0 Å². The first-order chi connectivity index (χ1) is 13.2. The minimum Gasteiger partial charge on any atom is -0.496 e. The van der Waals surface area contributed by atoms with Crippen LogP contribution in [0.4, 0.5) is 11.4 Å². The molecular formula is C23H24N2O2. The van der Waals surface area contributed by atoms with Gasteiger partial charge in [0.1, 0.15) is 5.75 Å². The second-order valence-corrected chi connectivity index (χ2v) is 6.28. The van der Waals surface area contributed by atoms with Gasteiger partial charge < -0.3 is 15.4 Å². The average Bonchev–Trinajstić information content (AvgIpc) is 2.73. The molecule has 0 saturated carbocycles. The van der Waals surface area contributed by atoms with Crippen LogP contribution in [0.1, 0.15) is 17.5 Å². The number of anilines is 2. The largest absolute Gasteiger partial charge is 0.496 e. The number of para-hydroxylation sites is 1. The number of ether oxygens (including phenoxy) is 1. The predicted octanol–water partition coefficient (Wildman–Crippen LogP) is 4.88. The van der Waals surface area contributed by atoms with Gasteiger partial charge in [-0.1, -0.05) is 48.5 Å². The first kappa shape index (κ1) is 18.5. The normalized spacial score (nSPS) is 10.3. The zero-order valence-electron chi connectivity index (χ0n) is 15.4. The van der Waals surface area contributed by atoms with Crippen molar-refractivity contribution in [3.05, 3.63) is 90.0 Å². The van der Waals surface area contributed by atoms with E-state index in [0.29, 0.717) is 13.0 Å². The summed E-state index contributed by atoms with van der Waals surface area (Å²) in [7, 11) is 1.67. The number of aryl methyl sites for hydroxylation is 1. The molecule has 4 nitrogen and oxygen atoms in total. The number of amides is 1. The quantitative estimate of drug-likeness (QED) is 0.602. The number of nitrogens with one attached hydrogen (secondary N) is 2. The summed E-state index contributed by atoms with van der Waals surface area (Å²) in [4.78, 5) is 12.1. The Kier molecular flexibility index (Phi) is 6.47. The van der Waals surface area contributed by atoms with Crippen molar-refractivity contribution in [2.24, 2.45) is 0 Å². The molecule has 2 N–H and O–H groups in total. The Morgan fingerprint density at radius 2 is 1.52 bits per heavy atom. The lowest BCUT2D eigenvalue weighted by molar-refractivity contribution is -0.116. The predicted molar refractivity (Wildman–Crippen MR) is 110 cm³/mol. The van der Waals surface area contributed by atoms with Gasteiger partial charge >= 0.3 is 0 Å². The Bertz CT molecular complexity index is 861. The van der Waals surface area contributed by atoms with Crippen molar-refractivity contribution < 1.29 is 9.53 Å². The van der Waals surface area contributed by atoms with Gasteiger partial charge in [0.15, 0.2) is 0 Å². The van der Waals surface area contributed by atoms with Crippen molar-refractivity contribution in [3.63, 3.8) is 0 Å². The number of hydrogen-bond donors (Lipinski definition) is 2. The Morgan fingerprint density at radius 1 is 0.852 bits per heavy atom. The maximum atomic E-state index is 12.1. The standard InChI is InChI=1S/C23H24N2O2/c1-27-22-10-6-5-9-19(22)17-24-20-12-14-21(15-13-20)25-23(26)16-11-18-7-3-2-4-8-18/h2-10,12-15,24H,11,16-17H2,1H3,(H,25,26). The molecule has 0 aliphatic rings. The smallest absolute Gasteiger partial charge is 0.224 e. The highest BCUT2D eigenvalue weighted by atomic mass is 16.5. The lowest BCUT2D eigenvalue weighted by Gasteiger charge is -2.11. The molecule has 3 aromatic carbocycles. The molecule has 0 aliphatic carbocycles. The fourth-order valence-corrected chi connectivity index (χ4v) is 2.84. The molecule has 0 unspecified atom stereocenters. The van der Waals surface area contributed by atoms with E-state index in [1.54, 1.807) is 7.11 Å². The molecule has 0 spiro atoms. The van der Waals surface area contributed by atoms with E-state index in [-0.39, 0.29) is 5.91 Å². The Morgan fingerprint density at radius 3 is 2.26 bits per heavy atom. The minimum absolute atomic E-state index is 0.0218. The first-order valence-electron chi connectivity index (χ1n) is 9.04. The number of benzene rings is 3. The average molecular weight is 360 g/mol. The summed E-state index contributed by atoms with van der Waals surface area (Å²) in [5.74, 6) is 0.890. The van der Waals surface area contributed by atoms with Crippen LogP contribution in [0.2, 0.25) is 0 Å². The molecule has 3 aromatic rings. The molecule has 0 radical (unpaired) electrons. The molecule has 3 rings (SSSR count). The van der Waals surface area contributed by atoms with Crippen molar-refractivity contribution in [1.82, 2.24) is 0 Å². The molecule has 0 aromatic heterocycles. The number of carbonyl (C=O) groups excluding carboxylic acids is 1. The topological polar surface area (TPSA) is 50.4 Å². The van der Waals surface area contributed by atoms with Crippen LogP contribution in [-0.2, 0) is 17.8 Å². The fraction of sp³-hybridized carbons (Fsp3) is 0.174. The molecule has 0 saturated heterocycles. The van der Waals surface area contributed by atoms with Crippen molar-refractivity contribution in [3.8, 4) is 5.75 Å². The van der Waals surface area contributed by atoms with Crippen molar-refractivity contribution in [1.29, 1.82) is 0 Å². The van der Waals surface area contributed by atoms with Crippen LogP contribution in [-0.4, -0.2) is 13.0 Å². The molecule has 4 heteroatoms. The van der Waals surface area contributed by atoms with Gasteiger partial charge in [-0.05, 0) is 42.3 Å². The van der Waals surface area contributed by atoms with E-state index in [1.807, 2.05) is 78.9 Å². The molecule has 27 heavy (non-hydrogen) atoms. The molecule has 0 heterocycles. The van der Waals surface area contributed by atoms with Crippen molar-refractivity contribution >= 4 is 17.3 Å². The van der Waals surface area contributed by atoms with E-state index in [1.165, 1.54) is 5.56 Å². The molecule has 138 valence electrons. The number of carbonyl (C=O) groups is 1. The van der Waals surface area contributed by atoms with Gasteiger partial charge in [0.05, 0.1) is 7.11 Å². The fourth-order valence-electron chi connectivity index (χ4n) is 2.84. The highest BCUT2D eigenvalue weighted by Gasteiger charge is 2.04. The number of hydrogen-bond acceptors (Lipinski definition) is 3. The highest BCUT2D eigenvalue weighted by Crippen LogP contribution is 2.20. The van der Waals surface area contributed by atoms with Crippen LogP contribution in [0, 0.1) is 0 Å². The summed E-state index contributed by atoms with van der Waals surface area (Å²) in [6.45, 7) is 0.673. The van der Waals surface area contributed by atoms with Gasteiger partial charge in [0, 0.05) is 29.9 Å². The molecule has 1 amide bonds. The van der Waals surface area contributed by atoms with Crippen LogP contribution in [0.5, 0.6) is 5.75 Å². The van der Waals surface area contributed by atoms with Crippen LogP contribution in [0.15, 0.2) is 78.9 Å². The van der Waals surface area contributed by atoms with E-state index >= 15 is 0 Å². The van der Waals surface area contributed by atoms with Gasteiger partial charge in [0.2, 0.25) is 5.91 Å². The van der Waals surface area contributed by atoms with E-state index in [4.69, 9.17) is 4.74 Å². The number of methoxy groups -OCH3 is 1. The zero-order chi connectivity index (χ0) is 18.9. The molecular weight excluding hydrogens is 336 g/mol. The van der Waals surface area contributed by atoms with Gasteiger partial charge in [-0.2, -0.15) is 0 Å². The molecule has 0 atom stereocenters. The molecule has 0 aliphatic heterocycles. The zero-order valence-corrected chi connectivity index (χ0v) is 15.4. The van der Waals surface area contributed by atoms with Crippen LogP contribution in [0.25, 0.3) is 0 Å². The van der Waals surface area contributed by atoms with E-state index < -0.39 is 0 Å². The second kappa shape index (κ2) is 9.43. The third kappa shape index (κ3) is 5.61. The van der Waals surface area contributed by atoms with Crippen molar-refractivity contribution in [2.75, 3.05) is 17.7 Å². The van der Waals surface area contributed by atoms with Crippen LogP contribution >= 0.6 is 0 Å². The Labute approximate surface area is 160 Å². The van der Waals surface area contributed by atoms with Gasteiger partial charge in [-0.25, -0.2) is 0 Å². The van der Waals surface area contributed by atoms with E-state index in [0.717, 1.165) is 29.1 Å². The summed E-state index contributed by atoms with van der Waals surface area (Å²) in [6, 6.07) is 25.7. The Hall–Kier alpha value is -3.27. The van der Waals surface area contributed by atoms with Gasteiger partial charge in [-0.3, -0.25) is 4.79 Å². The first-order valence-corrected chi connectivity index (χ1v) is 9.04. The maximum absolute atomic E-state index is 12.1. The van der Waals surface area contributed by atoms with E-state index in [9.17, 15) is 4.79 Å². The van der Waals surface area contributed by atoms with E-state index in [2.05, 4.69) is 10.6 Å². The SMILES string of the molecule is COc1ccccc1CNc1ccc(NC(=O)CCc2ccccc2)cc1. The summed E-state index contributed by atoms with van der Waals surface area (Å²) < 4.78 is 5.36. The van der Waals surface area contributed by atoms with Crippen molar-refractivity contribution in [2.45, 2.75) is 19.4 Å². The minimum atomic E-state index is 0.0218. The maximum Gasteiger partial charge on any atom is 0.224 e. The Balaban J connectivity index is 1.49. The monoisotopic (exact) mass is 360 g/mol. The third-order valence-corrected chi connectivity index (χ3v) is 4.33. The summed E-state index contributed by atoms with van der Waals surface area (Å²) in [6.07, 6.45) is 1.21. The number of rotatable bonds is 8. The molecule has 0 bridgehead atoms. The van der Waals surface area contributed by atoms with Gasteiger partial charge in [-0.15, -0.1) is 0 Å². The lowest BCUT2D eigenvalue weighted by Crippen LogP contribution is -2.12. The van der Waals surface area contributed by atoms with Gasteiger partial charge in [0.25, 0.3) is 0 Å². The summed E-state index contributed by atoms with van der Waals surface area (Å²) in [5, 5.41) is 6.31.